The first-order chi connectivity index (χ1) is 13.5. The molecule has 0 saturated heterocycles. The minimum absolute atomic E-state index is 0.0548. The molecule has 152 valence electrons. The number of hydrogen-bond donors (Lipinski definition) is 1. The SMILES string of the molecule is CCN(CC)CCC[C@@H](C)NC(=O)c1cc2c(s1)-c1cc(OC)ccc1CC2. The summed E-state index contributed by atoms with van der Waals surface area (Å²) in [7, 11) is 1.69. The predicted molar refractivity (Wildman–Crippen MR) is 118 cm³/mol. The Bertz CT molecular complexity index is 811. The highest BCUT2D eigenvalue weighted by Crippen LogP contribution is 2.41. The number of nitrogens with one attached hydrogen (secondary N) is 1. The van der Waals surface area contributed by atoms with Crippen LogP contribution in [-0.2, 0) is 12.8 Å². The fourth-order valence-electron chi connectivity index (χ4n) is 3.86. The van der Waals surface area contributed by atoms with Gasteiger partial charge in [-0.25, -0.2) is 0 Å². The van der Waals surface area contributed by atoms with E-state index in [4.69, 9.17) is 4.74 Å². The van der Waals surface area contributed by atoms with Crippen LogP contribution in [0.25, 0.3) is 10.4 Å². The van der Waals surface area contributed by atoms with Crippen LogP contribution in [0.4, 0.5) is 0 Å². The van der Waals surface area contributed by atoms with Gasteiger partial charge >= 0.3 is 0 Å². The van der Waals surface area contributed by atoms with E-state index >= 15 is 0 Å². The monoisotopic (exact) mass is 400 g/mol. The highest BCUT2D eigenvalue weighted by molar-refractivity contribution is 7.17. The number of nitrogens with zero attached hydrogens (tertiary/aromatic N) is 1. The fourth-order valence-corrected chi connectivity index (χ4v) is 5.03. The number of benzene rings is 1. The molecule has 28 heavy (non-hydrogen) atoms. The standard InChI is InChI=1S/C23H32N2O2S/c1-5-25(6-2)13-7-8-16(3)24-23(26)21-14-18-10-9-17-11-12-19(27-4)15-20(17)22(18)28-21/h11-12,14-16H,5-10,13H2,1-4H3,(H,24,26)/t16-/m1/s1. The topological polar surface area (TPSA) is 41.6 Å². The van der Waals surface area contributed by atoms with E-state index in [2.05, 4.69) is 49.2 Å². The van der Waals surface area contributed by atoms with Crippen LogP contribution < -0.4 is 10.1 Å². The summed E-state index contributed by atoms with van der Waals surface area (Å²) in [5.74, 6) is 0.923. The number of amides is 1. The second-order valence-electron chi connectivity index (χ2n) is 7.53. The predicted octanol–water partition coefficient (Wildman–Crippen LogP) is 4.76. The number of rotatable bonds is 9. The van der Waals surface area contributed by atoms with Gasteiger partial charge in [0, 0.05) is 10.9 Å². The molecule has 0 spiro atoms. The lowest BCUT2D eigenvalue weighted by molar-refractivity contribution is 0.0941. The lowest BCUT2D eigenvalue weighted by Crippen LogP contribution is -2.33. The molecule has 1 N–H and O–H groups in total. The number of carbonyl (C=O) groups excluding carboxylic acids is 1. The van der Waals surface area contributed by atoms with E-state index in [9.17, 15) is 4.79 Å². The normalized spacial score (nSPS) is 13.8. The zero-order valence-corrected chi connectivity index (χ0v) is 18.3. The Kier molecular flexibility index (Phi) is 7.13. The van der Waals surface area contributed by atoms with E-state index in [1.54, 1.807) is 18.4 Å². The maximum Gasteiger partial charge on any atom is 0.261 e. The highest BCUT2D eigenvalue weighted by Gasteiger charge is 2.22. The van der Waals surface area contributed by atoms with Gasteiger partial charge in [0.05, 0.1) is 12.0 Å². The number of hydrogen-bond acceptors (Lipinski definition) is 4. The summed E-state index contributed by atoms with van der Waals surface area (Å²) in [6.45, 7) is 9.77. The summed E-state index contributed by atoms with van der Waals surface area (Å²) < 4.78 is 5.39. The van der Waals surface area contributed by atoms with Crippen LogP contribution in [-0.4, -0.2) is 43.6 Å². The van der Waals surface area contributed by atoms with Gasteiger partial charge in [0.15, 0.2) is 0 Å². The highest BCUT2D eigenvalue weighted by atomic mass is 32.1. The summed E-state index contributed by atoms with van der Waals surface area (Å²) in [5.41, 5.74) is 3.84. The third-order valence-corrected chi connectivity index (χ3v) is 6.85. The van der Waals surface area contributed by atoms with Crippen LogP contribution in [0, 0.1) is 0 Å². The Labute approximate surface area is 172 Å². The van der Waals surface area contributed by atoms with Gasteiger partial charge in [-0.1, -0.05) is 19.9 Å². The van der Waals surface area contributed by atoms with Crippen molar-refractivity contribution >= 4 is 17.2 Å². The van der Waals surface area contributed by atoms with Crippen molar-refractivity contribution in [1.82, 2.24) is 10.2 Å². The van der Waals surface area contributed by atoms with Gasteiger partial charge in [-0.05, 0) is 87.1 Å². The molecule has 1 heterocycles. The van der Waals surface area contributed by atoms with Gasteiger partial charge in [-0.15, -0.1) is 11.3 Å². The molecule has 0 aliphatic heterocycles. The Balaban J connectivity index is 1.64. The van der Waals surface area contributed by atoms with Crippen molar-refractivity contribution in [2.75, 3.05) is 26.7 Å². The zero-order valence-electron chi connectivity index (χ0n) is 17.5. The molecule has 0 unspecified atom stereocenters. The Morgan fingerprint density at radius 3 is 2.68 bits per heavy atom. The Morgan fingerprint density at radius 1 is 1.21 bits per heavy atom. The molecule has 1 aliphatic rings. The number of methoxy groups -OCH3 is 1. The molecular weight excluding hydrogens is 368 g/mol. The van der Waals surface area contributed by atoms with Crippen LogP contribution in [0.1, 0.15) is 54.4 Å². The second-order valence-corrected chi connectivity index (χ2v) is 8.58. The molecule has 1 aromatic heterocycles. The summed E-state index contributed by atoms with van der Waals surface area (Å²) in [6.07, 6.45) is 4.13. The zero-order chi connectivity index (χ0) is 20.1. The van der Waals surface area contributed by atoms with E-state index in [1.807, 2.05) is 6.07 Å². The number of thiophene rings is 1. The van der Waals surface area contributed by atoms with Gasteiger partial charge in [0.25, 0.3) is 5.91 Å². The van der Waals surface area contributed by atoms with Crippen molar-refractivity contribution in [3.05, 3.63) is 40.3 Å². The first-order valence-electron chi connectivity index (χ1n) is 10.4. The third-order valence-electron chi connectivity index (χ3n) is 5.64. The largest absolute Gasteiger partial charge is 0.497 e. The maximum atomic E-state index is 12.8. The second kappa shape index (κ2) is 9.57. The quantitative estimate of drug-likeness (QED) is 0.660. The molecule has 5 heteroatoms. The van der Waals surface area contributed by atoms with E-state index in [1.165, 1.54) is 21.6 Å². The number of carbonyl (C=O) groups is 1. The van der Waals surface area contributed by atoms with Crippen molar-refractivity contribution < 1.29 is 9.53 Å². The smallest absolute Gasteiger partial charge is 0.261 e. The Hall–Kier alpha value is -1.85. The maximum absolute atomic E-state index is 12.8. The van der Waals surface area contributed by atoms with Crippen molar-refractivity contribution in [2.45, 2.75) is 52.5 Å². The van der Waals surface area contributed by atoms with E-state index in [0.29, 0.717) is 0 Å². The average molecular weight is 401 g/mol. The molecule has 1 amide bonds. The number of ether oxygens (including phenoxy) is 1. The summed E-state index contributed by atoms with van der Waals surface area (Å²) in [6, 6.07) is 8.54. The van der Waals surface area contributed by atoms with Gasteiger partial charge in [0.1, 0.15) is 5.75 Å². The Morgan fingerprint density at radius 2 is 1.96 bits per heavy atom. The molecule has 1 aromatic carbocycles. The first-order valence-corrected chi connectivity index (χ1v) is 11.2. The average Bonchev–Trinajstić information content (AvgIpc) is 3.16. The van der Waals surface area contributed by atoms with E-state index in [-0.39, 0.29) is 11.9 Å². The van der Waals surface area contributed by atoms with Crippen LogP contribution in [0.2, 0.25) is 0 Å². The third kappa shape index (κ3) is 4.76. The lowest BCUT2D eigenvalue weighted by Gasteiger charge is -2.19. The molecule has 4 nitrogen and oxygen atoms in total. The fraction of sp³-hybridized carbons (Fsp3) is 0.522. The van der Waals surface area contributed by atoms with Crippen molar-refractivity contribution in [3.8, 4) is 16.2 Å². The van der Waals surface area contributed by atoms with Gasteiger partial charge < -0.3 is 15.0 Å². The molecule has 0 fully saturated rings. The molecular formula is C23H32N2O2S. The molecule has 1 aliphatic carbocycles. The van der Waals surface area contributed by atoms with E-state index < -0.39 is 0 Å². The van der Waals surface area contributed by atoms with Crippen LogP contribution >= 0.6 is 11.3 Å². The molecule has 0 saturated carbocycles. The summed E-state index contributed by atoms with van der Waals surface area (Å²) >= 11 is 1.61. The minimum Gasteiger partial charge on any atom is -0.497 e. The van der Waals surface area contributed by atoms with Gasteiger partial charge in [-0.3, -0.25) is 4.79 Å². The number of aryl methyl sites for hydroxylation is 2. The van der Waals surface area contributed by atoms with Crippen molar-refractivity contribution in [1.29, 1.82) is 0 Å². The van der Waals surface area contributed by atoms with Crippen LogP contribution in [0.3, 0.4) is 0 Å². The van der Waals surface area contributed by atoms with E-state index in [0.717, 1.165) is 55.9 Å². The van der Waals surface area contributed by atoms with Crippen molar-refractivity contribution in [2.24, 2.45) is 0 Å². The first kappa shape index (κ1) is 20.9. The molecule has 0 bridgehead atoms. The molecule has 2 aromatic rings. The number of fused-ring (bicyclic) bond motifs is 3. The van der Waals surface area contributed by atoms with Crippen LogP contribution in [0.5, 0.6) is 5.75 Å². The van der Waals surface area contributed by atoms with Gasteiger partial charge in [0.2, 0.25) is 0 Å². The van der Waals surface area contributed by atoms with Crippen LogP contribution in [0.15, 0.2) is 24.3 Å². The summed E-state index contributed by atoms with van der Waals surface area (Å²) in [4.78, 5) is 17.2. The molecule has 3 rings (SSSR count). The lowest BCUT2D eigenvalue weighted by atomic mass is 9.91. The molecule has 1 atom stereocenters. The molecule has 0 radical (unpaired) electrons. The minimum atomic E-state index is 0.0548. The van der Waals surface area contributed by atoms with Gasteiger partial charge in [-0.2, -0.15) is 0 Å². The van der Waals surface area contributed by atoms with Crippen molar-refractivity contribution in [3.63, 3.8) is 0 Å². The summed E-state index contributed by atoms with van der Waals surface area (Å²) in [5, 5.41) is 3.19.